The highest BCUT2D eigenvalue weighted by Crippen LogP contribution is 2.30. The molecule has 1 atom stereocenters. The Bertz CT molecular complexity index is 614. The molecule has 5 nitrogen and oxygen atoms in total. The molecule has 0 bridgehead atoms. The van der Waals surface area contributed by atoms with Crippen molar-refractivity contribution in [3.8, 4) is 0 Å². The van der Waals surface area contributed by atoms with Gasteiger partial charge in [0, 0.05) is 13.0 Å². The number of hydroxylamine groups is 1. The number of carbonyl (C=O) groups is 1. The van der Waals surface area contributed by atoms with E-state index in [1.165, 1.54) is 0 Å². The third-order valence-corrected chi connectivity index (χ3v) is 4.13. The number of rotatable bonds is 5. The van der Waals surface area contributed by atoms with E-state index in [9.17, 15) is 9.90 Å². The molecule has 2 aromatic rings. The number of aliphatic hydroxyl groups is 1. The van der Waals surface area contributed by atoms with Crippen molar-refractivity contribution < 1.29 is 19.5 Å². The van der Waals surface area contributed by atoms with E-state index in [0.717, 1.165) is 19.3 Å². The van der Waals surface area contributed by atoms with E-state index in [0.29, 0.717) is 17.7 Å². The Balaban J connectivity index is 1.83. The van der Waals surface area contributed by atoms with Crippen LogP contribution < -0.4 is 5.48 Å². The van der Waals surface area contributed by atoms with Crippen LogP contribution in [0.25, 0.3) is 0 Å². The third kappa shape index (κ3) is 3.48. The van der Waals surface area contributed by atoms with Crippen LogP contribution in [-0.2, 0) is 20.0 Å². The van der Waals surface area contributed by atoms with Gasteiger partial charge in [0.05, 0.1) is 0 Å². The maximum atomic E-state index is 12.8. The molecule has 0 saturated carbocycles. The predicted octanol–water partition coefficient (Wildman–Crippen LogP) is 2.50. The predicted molar refractivity (Wildman–Crippen MR) is 88.7 cm³/mol. The average molecular weight is 327 g/mol. The Morgan fingerprint density at radius 3 is 2.12 bits per heavy atom. The summed E-state index contributed by atoms with van der Waals surface area (Å²) in [6.07, 6.45) is 2.22. The van der Waals surface area contributed by atoms with Gasteiger partial charge in [0.1, 0.15) is 0 Å². The topological polar surface area (TPSA) is 67.8 Å². The fraction of sp³-hybridized carbons (Fsp3) is 0.316. The summed E-state index contributed by atoms with van der Waals surface area (Å²) in [7, 11) is 0. The van der Waals surface area contributed by atoms with Gasteiger partial charge in [0.15, 0.2) is 11.9 Å². The molecule has 1 saturated heterocycles. The summed E-state index contributed by atoms with van der Waals surface area (Å²) in [5.41, 5.74) is 1.49. The van der Waals surface area contributed by atoms with Crippen LogP contribution in [0.5, 0.6) is 0 Å². The van der Waals surface area contributed by atoms with Gasteiger partial charge in [-0.2, -0.15) is 0 Å². The van der Waals surface area contributed by atoms with Gasteiger partial charge in [0.2, 0.25) is 0 Å². The van der Waals surface area contributed by atoms with E-state index in [1.54, 1.807) is 48.5 Å². The normalized spacial score (nSPS) is 18.1. The summed E-state index contributed by atoms with van der Waals surface area (Å²) >= 11 is 0. The zero-order valence-electron chi connectivity index (χ0n) is 13.4. The van der Waals surface area contributed by atoms with Crippen molar-refractivity contribution in [1.82, 2.24) is 5.48 Å². The van der Waals surface area contributed by atoms with Gasteiger partial charge in [-0.3, -0.25) is 4.79 Å². The lowest BCUT2D eigenvalue weighted by atomic mass is 9.86. The zero-order chi connectivity index (χ0) is 16.8. The zero-order valence-corrected chi connectivity index (χ0v) is 13.4. The molecule has 2 aromatic carbocycles. The first kappa shape index (κ1) is 16.6. The maximum Gasteiger partial charge on any atom is 0.284 e. The molecule has 1 amide bonds. The first-order valence-electron chi connectivity index (χ1n) is 8.12. The van der Waals surface area contributed by atoms with Gasteiger partial charge in [0.25, 0.3) is 5.91 Å². The van der Waals surface area contributed by atoms with Crippen molar-refractivity contribution in [2.45, 2.75) is 31.2 Å². The molecule has 0 aliphatic carbocycles. The highest BCUT2D eigenvalue weighted by Gasteiger charge is 2.40. The summed E-state index contributed by atoms with van der Waals surface area (Å²) in [6, 6.07) is 17.6. The summed E-state index contributed by atoms with van der Waals surface area (Å²) in [6.45, 7) is 0.613. The first-order valence-corrected chi connectivity index (χ1v) is 8.12. The van der Waals surface area contributed by atoms with Gasteiger partial charge in [-0.15, -0.1) is 0 Å². The molecule has 1 fully saturated rings. The van der Waals surface area contributed by atoms with E-state index in [-0.39, 0.29) is 0 Å². The van der Waals surface area contributed by atoms with E-state index in [4.69, 9.17) is 9.57 Å². The Hall–Kier alpha value is -2.21. The van der Waals surface area contributed by atoms with Gasteiger partial charge < -0.3 is 9.84 Å². The Labute approximate surface area is 141 Å². The average Bonchev–Trinajstić information content (AvgIpc) is 2.67. The summed E-state index contributed by atoms with van der Waals surface area (Å²) in [5, 5.41) is 11.2. The lowest BCUT2D eigenvalue weighted by Gasteiger charge is -2.29. The number of benzene rings is 2. The fourth-order valence-electron chi connectivity index (χ4n) is 2.78. The number of amides is 1. The van der Waals surface area contributed by atoms with Crippen LogP contribution in [0.4, 0.5) is 0 Å². The van der Waals surface area contributed by atoms with Crippen LogP contribution in [0.3, 0.4) is 0 Å². The van der Waals surface area contributed by atoms with Crippen molar-refractivity contribution >= 4 is 5.91 Å². The first-order chi connectivity index (χ1) is 11.7. The van der Waals surface area contributed by atoms with Crippen LogP contribution >= 0.6 is 0 Å². The number of ether oxygens (including phenoxy) is 1. The summed E-state index contributed by atoms with van der Waals surface area (Å²) < 4.78 is 5.43. The second kappa shape index (κ2) is 7.57. The molecular formula is C19H21NO4. The quantitative estimate of drug-likeness (QED) is 0.828. The standard InChI is InChI=1S/C19H21NO4/c21-18(20-24-17-13-7-8-14-23-17)19(22,15-9-3-1-4-10-15)16-11-5-2-6-12-16/h1-6,9-12,17,22H,7-8,13-14H2,(H,20,21). The van der Waals surface area contributed by atoms with Crippen LogP contribution in [0, 0.1) is 0 Å². The highest BCUT2D eigenvalue weighted by atomic mass is 16.8. The second-order valence-corrected chi connectivity index (χ2v) is 5.79. The molecule has 2 N–H and O–H groups in total. The largest absolute Gasteiger partial charge is 0.372 e. The Kier molecular flexibility index (Phi) is 5.25. The molecule has 0 aromatic heterocycles. The van der Waals surface area contributed by atoms with Crippen molar-refractivity contribution in [1.29, 1.82) is 0 Å². The minimum atomic E-state index is -1.84. The molecule has 0 radical (unpaired) electrons. The molecule has 5 heteroatoms. The minimum Gasteiger partial charge on any atom is -0.372 e. The van der Waals surface area contributed by atoms with Gasteiger partial charge in [-0.1, -0.05) is 60.7 Å². The van der Waals surface area contributed by atoms with Gasteiger partial charge >= 0.3 is 0 Å². The van der Waals surface area contributed by atoms with Crippen molar-refractivity contribution in [3.63, 3.8) is 0 Å². The molecule has 0 spiro atoms. The molecule has 3 rings (SSSR count). The molecular weight excluding hydrogens is 306 g/mol. The Morgan fingerprint density at radius 2 is 1.62 bits per heavy atom. The van der Waals surface area contributed by atoms with E-state index in [2.05, 4.69) is 5.48 Å². The lowest BCUT2D eigenvalue weighted by Crippen LogP contribution is -2.47. The van der Waals surface area contributed by atoms with Crippen molar-refractivity contribution in [2.24, 2.45) is 0 Å². The number of carbonyl (C=O) groups excluding carboxylic acids is 1. The molecule has 1 aliphatic rings. The molecule has 126 valence electrons. The molecule has 1 aliphatic heterocycles. The van der Waals surface area contributed by atoms with Gasteiger partial charge in [-0.25, -0.2) is 10.3 Å². The number of hydrogen-bond donors (Lipinski definition) is 2. The summed E-state index contributed by atoms with van der Waals surface area (Å²) in [4.78, 5) is 18.1. The van der Waals surface area contributed by atoms with Crippen LogP contribution in [0.2, 0.25) is 0 Å². The van der Waals surface area contributed by atoms with Gasteiger partial charge in [-0.05, 0) is 24.0 Å². The SMILES string of the molecule is O=C(NOC1CCCCO1)C(O)(c1ccccc1)c1ccccc1. The monoisotopic (exact) mass is 327 g/mol. The lowest BCUT2D eigenvalue weighted by molar-refractivity contribution is -0.206. The minimum absolute atomic E-state index is 0.474. The second-order valence-electron chi connectivity index (χ2n) is 5.79. The molecule has 1 heterocycles. The van der Waals surface area contributed by atoms with Crippen LogP contribution in [0.1, 0.15) is 30.4 Å². The van der Waals surface area contributed by atoms with Crippen LogP contribution in [0.15, 0.2) is 60.7 Å². The summed E-state index contributed by atoms with van der Waals surface area (Å²) in [5.74, 6) is -0.644. The van der Waals surface area contributed by atoms with E-state index < -0.39 is 17.8 Å². The fourth-order valence-corrected chi connectivity index (χ4v) is 2.78. The van der Waals surface area contributed by atoms with Crippen LogP contribution in [-0.4, -0.2) is 23.9 Å². The van der Waals surface area contributed by atoms with E-state index in [1.807, 2.05) is 12.1 Å². The van der Waals surface area contributed by atoms with Crippen molar-refractivity contribution in [3.05, 3.63) is 71.8 Å². The third-order valence-electron chi connectivity index (χ3n) is 4.13. The molecule has 24 heavy (non-hydrogen) atoms. The van der Waals surface area contributed by atoms with Crippen molar-refractivity contribution in [2.75, 3.05) is 6.61 Å². The van der Waals surface area contributed by atoms with E-state index >= 15 is 0 Å². The number of nitrogens with one attached hydrogen (secondary N) is 1. The maximum absolute atomic E-state index is 12.8. The Morgan fingerprint density at radius 1 is 1.04 bits per heavy atom. The smallest absolute Gasteiger partial charge is 0.284 e. The number of hydrogen-bond acceptors (Lipinski definition) is 4. The highest BCUT2D eigenvalue weighted by molar-refractivity contribution is 5.89. The molecule has 1 unspecified atom stereocenters.